The molecule has 0 radical (unpaired) electrons. The molecule has 0 spiro atoms. The zero-order valence-electron chi connectivity index (χ0n) is 12.7. The van der Waals surface area contributed by atoms with Crippen molar-refractivity contribution >= 4 is 11.8 Å². The maximum absolute atomic E-state index is 9.31. The van der Waals surface area contributed by atoms with Crippen molar-refractivity contribution in [3.8, 4) is 6.07 Å². The molecule has 1 saturated carbocycles. The van der Waals surface area contributed by atoms with Crippen LogP contribution in [-0.2, 0) is 0 Å². The normalized spacial score (nSPS) is 29.3. The standard InChI is InChI=1S/C16H29NS/c1-6-16(4,5)14-8-7-13(10-17)15(9-14)18-11-12(2)3/h12-15H,6-9,11H2,1-5H3. The van der Waals surface area contributed by atoms with Crippen molar-refractivity contribution in [3.05, 3.63) is 0 Å². The van der Waals surface area contributed by atoms with E-state index in [-0.39, 0.29) is 5.92 Å². The highest BCUT2D eigenvalue weighted by atomic mass is 32.2. The van der Waals surface area contributed by atoms with Gasteiger partial charge in [-0.25, -0.2) is 0 Å². The molecular formula is C16H29NS. The number of hydrogen-bond acceptors (Lipinski definition) is 2. The summed E-state index contributed by atoms with van der Waals surface area (Å²) in [5.41, 5.74) is 0.442. The van der Waals surface area contributed by atoms with E-state index in [0.717, 1.165) is 18.3 Å². The lowest BCUT2D eigenvalue weighted by molar-refractivity contribution is 0.144. The van der Waals surface area contributed by atoms with Crippen LogP contribution in [0.15, 0.2) is 0 Å². The van der Waals surface area contributed by atoms with Gasteiger partial charge in [0.05, 0.1) is 12.0 Å². The molecule has 0 aromatic rings. The highest BCUT2D eigenvalue weighted by Crippen LogP contribution is 2.45. The Morgan fingerprint density at radius 1 is 1.33 bits per heavy atom. The Bertz CT molecular complexity index is 290. The lowest BCUT2D eigenvalue weighted by atomic mass is 9.67. The Labute approximate surface area is 118 Å². The number of rotatable bonds is 5. The van der Waals surface area contributed by atoms with Gasteiger partial charge in [0.15, 0.2) is 0 Å². The molecule has 0 aromatic heterocycles. The van der Waals surface area contributed by atoms with Crippen LogP contribution in [0.2, 0.25) is 0 Å². The van der Waals surface area contributed by atoms with E-state index in [0.29, 0.717) is 10.7 Å². The van der Waals surface area contributed by atoms with E-state index < -0.39 is 0 Å². The van der Waals surface area contributed by atoms with E-state index in [9.17, 15) is 5.26 Å². The molecule has 104 valence electrons. The zero-order chi connectivity index (χ0) is 13.8. The minimum Gasteiger partial charge on any atom is -0.198 e. The fourth-order valence-electron chi connectivity index (χ4n) is 2.78. The van der Waals surface area contributed by atoms with Crippen molar-refractivity contribution in [1.82, 2.24) is 0 Å². The van der Waals surface area contributed by atoms with Gasteiger partial charge in [0.1, 0.15) is 0 Å². The fraction of sp³-hybridized carbons (Fsp3) is 0.938. The zero-order valence-corrected chi connectivity index (χ0v) is 13.5. The summed E-state index contributed by atoms with van der Waals surface area (Å²) in [4.78, 5) is 0. The van der Waals surface area contributed by atoms with Gasteiger partial charge >= 0.3 is 0 Å². The Kier molecular flexibility index (Phi) is 6.05. The quantitative estimate of drug-likeness (QED) is 0.690. The average Bonchev–Trinajstić information content (AvgIpc) is 2.35. The molecule has 1 nitrogen and oxygen atoms in total. The van der Waals surface area contributed by atoms with E-state index in [2.05, 4.69) is 40.7 Å². The van der Waals surface area contributed by atoms with E-state index in [4.69, 9.17) is 0 Å². The third-order valence-electron chi connectivity index (χ3n) is 4.62. The van der Waals surface area contributed by atoms with Crippen molar-refractivity contribution in [1.29, 1.82) is 5.26 Å². The van der Waals surface area contributed by atoms with Crippen LogP contribution in [-0.4, -0.2) is 11.0 Å². The molecule has 1 fully saturated rings. The lowest BCUT2D eigenvalue weighted by Gasteiger charge is -2.41. The fourth-order valence-corrected chi connectivity index (χ4v) is 4.21. The van der Waals surface area contributed by atoms with E-state index in [1.165, 1.54) is 25.0 Å². The molecule has 0 heterocycles. The van der Waals surface area contributed by atoms with Gasteiger partial charge in [0.2, 0.25) is 0 Å². The molecule has 0 N–H and O–H groups in total. The van der Waals surface area contributed by atoms with Crippen LogP contribution in [0.4, 0.5) is 0 Å². The molecule has 0 aromatic carbocycles. The van der Waals surface area contributed by atoms with Gasteiger partial charge in [-0.3, -0.25) is 0 Å². The molecule has 0 amide bonds. The van der Waals surface area contributed by atoms with E-state index >= 15 is 0 Å². The number of nitriles is 1. The predicted molar refractivity (Wildman–Crippen MR) is 81.6 cm³/mol. The summed E-state index contributed by atoms with van der Waals surface area (Å²) in [5, 5.41) is 9.88. The lowest BCUT2D eigenvalue weighted by Crippen LogP contribution is -2.34. The maximum atomic E-state index is 9.31. The second-order valence-electron chi connectivity index (χ2n) is 6.85. The maximum Gasteiger partial charge on any atom is 0.0667 e. The van der Waals surface area contributed by atoms with Crippen molar-refractivity contribution in [2.24, 2.45) is 23.2 Å². The second-order valence-corrected chi connectivity index (χ2v) is 8.13. The van der Waals surface area contributed by atoms with Gasteiger partial charge in [0.25, 0.3) is 0 Å². The molecule has 3 atom stereocenters. The van der Waals surface area contributed by atoms with Crippen molar-refractivity contribution in [2.45, 2.75) is 65.6 Å². The third-order valence-corrected chi connectivity index (χ3v) is 6.43. The molecule has 1 rings (SSSR count). The first-order chi connectivity index (χ1) is 8.40. The number of nitrogens with zero attached hydrogens (tertiary/aromatic N) is 1. The summed E-state index contributed by atoms with van der Waals surface area (Å²) in [6.45, 7) is 11.6. The monoisotopic (exact) mass is 267 g/mol. The summed E-state index contributed by atoms with van der Waals surface area (Å²) in [5.74, 6) is 3.02. The average molecular weight is 267 g/mol. The Morgan fingerprint density at radius 3 is 2.50 bits per heavy atom. The van der Waals surface area contributed by atoms with Crippen LogP contribution in [0, 0.1) is 34.5 Å². The minimum absolute atomic E-state index is 0.289. The molecule has 0 saturated heterocycles. The van der Waals surface area contributed by atoms with Gasteiger partial charge in [-0.05, 0) is 42.3 Å². The van der Waals surface area contributed by atoms with Crippen LogP contribution >= 0.6 is 11.8 Å². The number of thioether (sulfide) groups is 1. The molecule has 3 unspecified atom stereocenters. The van der Waals surface area contributed by atoms with Crippen molar-refractivity contribution in [2.75, 3.05) is 5.75 Å². The summed E-state index contributed by atoms with van der Waals surface area (Å²) in [6.07, 6.45) is 4.85. The Balaban J connectivity index is 2.63. The topological polar surface area (TPSA) is 23.8 Å². The number of hydrogen-bond donors (Lipinski definition) is 0. The van der Waals surface area contributed by atoms with Crippen molar-refractivity contribution in [3.63, 3.8) is 0 Å². The van der Waals surface area contributed by atoms with Gasteiger partial charge in [-0.1, -0.05) is 41.0 Å². The van der Waals surface area contributed by atoms with Crippen LogP contribution < -0.4 is 0 Å². The van der Waals surface area contributed by atoms with Crippen LogP contribution in [0.1, 0.15) is 60.3 Å². The summed E-state index contributed by atoms with van der Waals surface area (Å²) in [7, 11) is 0. The third kappa shape index (κ3) is 4.19. The van der Waals surface area contributed by atoms with Gasteiger partial charge in [-0.2, -0.15) is 17.0 Å². The Morgan fingerprint density at radius 2 is 2.00 bits per heavy atom. The molecular weight excluding hydrogens is 238 g/mol. The van der Waals surface area contributed by atoms with E-state index in [1.807, 2.05) is 11.8 Å². The SMILES string of the molecule is CCC(C)(C)C1CCC(C#N)C(SCC(C)C)C1. The van der Waals surface area contributed by atoms with Gasteiger partial charge in [-0.15, -0.1) is 0 Å². The van der Waals surface area contributed by atoms with E-state index in [1.54, 1.807) is 0 Å². The summed E-state index contributed by atoms with van der Waals surface area (Å²) >= 11 is 2.05. The van der Waals surface area contributed by atoms with Crippen LogP contribution in [0.3, 0.4) is 0 Å². The molecule has 0 aliphatic heterocycles. The first kappa shape index (κ1) is 15.9. The van der Waals surface area contributed by atoms with Crippen molar-refractivity contribution < 1.29 is 0 Å². The Hall–Kier alpha value is -0.160. The predicted octanol–water partition coefficient (Wildman–Crippen LogP) is 5.12. The summed E-state index contributed by atoms with van der Waals surface area (Å²) < 4.78 is 0. The molecule has 2 heteroatoms. The summed E-state index contributed by atoms with van der Waals surface area (Å²) in [6, 6.07) is 2.55. The highest BCUT2D eigenvalue weighted by Gasteiger charge is 2.37. The molecule has 1 aliphatic rings. The minimum atomic E-state index is 0.289. The van der Waals surface area contributed by atoms with Crippen LogP contribution in [0.5, 0.6) is 0 Å². The molecule has 1 aliphatic carbocycles. The highest BCUT2D eigenvalue weighted by molar-refractivity contribution is 7.99. The first-order valence-electron chi connectivity index (χ1n) is 7.42. The van der Waals surface area contributed by atoms with Gasteiger partial charge < -0.3 is 0 Å². The molecule has 0 bridgehead atoms. The largest absolute Gasteiger partial charge is 0.198 e. The molecule has 18 heavy (non-hydrogen) atoms. The van der Waals surface area contributed by atoms with Crippen LogP contribution in [0.25, 0.3) is 0 Å². The second kappa shape index (κ2) is 6.85. The first-order valence-corrected chi connectivity index (χ1v) is 8.46. The smallest absolute Gasteiger partial charge is 0.0667 e. The van der Waals surface area contributed by atoms with Gasteiger partial charge in [0, 0.05) is 5.25 Å².